The number of halogens is 3. The van der Waals surface area contributed by atoms with Crippen LogP contribution in [0.15, 0.2) is 119 Å². The maximum Gasteiger partial charge on any atom is 0.435 e. The van der Waals surface area contributed by atoms with Gasteiger partial charge in [-0.1, -0.05) is 72.3 Å². The normalized spacial score (nSPS) is 13.8. The lowest BCUT2D eigenvalue weighted by molar-refractivity contribution is -0.710. The summed E-state index contributed by atoms with van der Waals surface area (Å²) in [6.45, 7) is 1.11. The molecule has 1 N–H and O–H groups in total. The van der Waals surface area contributed by atoms with Crippen molar-refractivity contribution in [3.63, 3.8) is 0 Å². The van der Waals surface area contributed by atoms with Gasteiger partial charge in [-0.25, -0.2) is 22.7 Å². The minimum Gasteiger partial charge on any atom is -0.569 e. The highest BCUT2D eigenvalue weighted by Gasteiger charge is 2.37. The Morgan fingerprint density at radius 1 is 0.944 bits per heavy atom. The quantitative estimate of drug-likeness (QED) is 0.0770. The number of hydrogen-bond acceptors (Lipinski definition) is 9. The zero-order valence-electron chi connectivity index (χ0n) is 28.5. The molecule has 0 fully saturated rings. The number of fused-ring (bicyclic) bond motifs is 1. The van der Waals surface area contributed by atoms with Crippen LogP contribution in [0.25, 0.3) is 16.9 Å². The van der Waals surface area contributed by atoms with E-state index in [9.17, 15) is 41.2 Å². The van der Waals surface area contributed by atoms with Gasteiger partial charge in [-0.2, -0.15) is 18.3 Å². The highest BCUT2D eigenvalue weighted by Crippen LogP contribution is 2.33. The Morgan fingerprint density at radius 2 is 1.54 bits per heavy atom. The van der Waals surface area contributed by atoms with Gasteiger partial charge in [0.25, 0.3) is 27.7 Å². The Balaban J connectivity index is 1.20. The highest BCUT2D eigenvalue weighted by molar-refractivity contribution is 7.90. The minimum atomic E-state index is -4.75. The number of aromatic nitrogens is 2. The molecule has 0 spiro atoms. The number of hydrogen-bond donors (Lipinski definition) is 1. The minimum absolute atomic E-state index is 0.109. The Kier molecular flexibility index (Phi) is 10.2. The molecule has 4 aromatic carbocycles. The van der Waals surface area contributed by atoms with Crippen molar-refractivity contribution in [1.29, 1.82) is 0 Å². The lowest BCUT2D eigenvalue weighted by Gasteiger charge is -2.23. The average molecular weight is 762 g/mol. The number of sulfonamides is 1. The second-order valence-corrected chi connectivity index (χ2v) is 13.8. The van der Waals surface area contributed by atoms with Gasteiger partial charge in [0.05, 0.1) is 39.4 Å². The number of likely N-dealkylation sites (N-methyl/N-ethyl adjacent to an activating group) is 1. The number of imide groups is 1. The Morgan fingerprint density at radius 3 is 2.13 bits per heavy atom. The number of rotatable bonds is 12. The van der Waals surface area contributed by atoms with Crippen molar-refractivity contribution < 1.29 is 45.8 Å². The first-order valence-electron chi connectivity index (χ1n) is 16.1. The van der Waals surface area contributed by atoms with Crippen LogP contribution < -0.4 is 4.72 Å². The van der Waals surface area contributed by atoms with Crippen molar-refractivity contribution in [1.82, 2.24) is 24.4 Å². The summed E-state index contributed by atoms with van der Waals surface area (Å²) >= 11 is 0. The van der Waals surface area contributed by atoms with Gasteiger partial charge in [0.2, 0.25) is 12.0 Å². The van der Waals surface area contributed by atoms with E-state index < -0.39 is 57.3 Å². The van der Waals surface area contributed by atoms with Crippen LogP contribution in [-0.2, 0) is 32.3 Å². The molecule has 0 aliphatic carbocycles. The van der Waals surface area contributed by atoms with Crippen LogP contribution in [0.4, 0.5) is 13.2 Å². The van der Waals surface area contributed by atoms with Crippen molar-refractivity contribution >= 4 is 27.7 Å². The third-order valence-corrected chi connectivity index (χ3v) is 9.82. The van der Waals surface area contributed by atoms with Crippen LogP contribution in [0.1, 0.15) is 37.5 Å². The van der Waals surface area contributed by atoms with Crippen molar-refractivity contribution in [2.75, 3.05) is 13.8 Å². The summed E-state index contributed by atoms with van der Waals surface area (Å²) in [6.07, 6.45) is -4.92. The van der Waals surface area contributed by atoms with Crippen LogP contribution in [-0.4, -0.2) is 70.6 Å². The van der Waals surface area contributed by atoms with E-state index in [1.54, 1.807) is 66.7 Å². The molecule has 0 unspecified atom stereocenters. The Bertz CT molecular complexity index is 2320. The SMILES string of the molecule is Cc1ccc(-c2cc(C(F)(F)F)nn2-c2ccc(S(=O)(=O)NC(=O)[C@H](Cc3ccccc3)N(C)/[N+]([O-])=N/OCN3C(=O)c4ccccc4C3=O)cc2)cc1. The van der Waals surface area contributed by atoms with Gasteiger partial charge in [0, 0.05) is 12.0 Å². The molecule has 54 heavy (non-hydrogen) atoms. The molecule has 6 rings (SSSR count). The summed E-state index contributed by atoms with van der Waals surface area (Å²) < 4.78 is 70.9. The number of carbonyl (C=O) groups is 3. The molecule has 5 aromatic rings. The van der Waals surface area contributed by atoms with Gasteiger partial charge in [-0.3, -0.25) is 14.4 Å². The van der Waals surface area contributed by atoms with Crippen LogP contribution >= 0.6 is 0 Å². The number of hydrazine groups is 1. The third kappa shape index (κ3) is 7.77. The molecule has 278 valence electrons. The predicted octanol–water partition coefficient (Wildman–Crippen LogP) is 5.28. The summed E-state index contributed by atoms with van der Waals surface area (Å²) in [4.78, 5) is 44.0. The monoisotopic (exact) mass is 761 g/mol. The fourth-order valence-corrected chi connectivity index (χ4v) is 6.58. The molecule has 3 amide bonds. The van der Waals surface area contributed by atoms with Gasteiger partial charge in [0.1, 0.15) is 0 Å². The molecule has 0 saturated carbocycles. The van der Waals surface area contributed by atoms with Crippen molar-refractivity contribution in [2.45, 2.75) is 30.5 Å². The lowest BCUT2D eigenvalue weighted by atomic mass is 10.1. The van der Waals surface area contributed by atoms with Gasteiger partial charge in [-0.05, 0) is 55.0 Å². The number of nitrogens with zero attached hydrogens (tertiary/aromatic N) is 6. The summed E-state index contributed by atoms with van der Waals surface area (Å²) in [7, 11) is -3.45. The average Bonchev–Trinajstić information content (AvgIpc) is 3.71. The van der Waals surface area contributed by atoms with Gasteiger partial charge in [-0.15, -0.1) is 5.01 Å². The van der Waals surface area contributed by atoms with Gasteiger partial charge >= 0.3 is 6.18 Å². The molecule has 2 heterocycles. The number of amides is 3. The molecule has 1 aromatic heterocycles. The third-order valence-electron chi connectivity index (χ3n) is 8.46. The maximum atomic E-state index is 13.7. The van der Waals surface area contributed by atoms with Gasteiger partial charge < -0.3 is 10.0 Å². The van der Waals surface area contributed by atoms with Crippen LogP contribution in [0.5, 0.6) is 0 Å². The fraction of sp³-hybridized carbons (Fsp3) is 0.167. The molecule has 1 aliphatic rings. The lowest BCUT2D eigenvalue weighted by Crippen LogP contribution is -2.50. The van der Waals surface area contributed by atoms with E-state index >= 15 is 0 Å². The van der Waals surface area contributed by atoms with E-state index in [4.69, 9.17) is 4.84 Å². The predicted molar refractivity (Wildman–Crippen MR) is 185 cm³/mol. The topological polar surface area (TPSA) is 169 Å². The molecule has 18 heteroatoms. The zero-order chi connectivity index (χ0) is 38.8. The van der Waals surface area contributed by atoms with E-state index in [2.05, 4.69) is 10.4 Å². The standard InChI is InChI=1S/C36H30F3N7O7S/c1-23-12-14-25(15-13-23)30-21-32(36(37,38)39)40-45(30)26-16-18-27(19-17-26)54(51,52)41-33(47)31(20-24-8-4-3-5-9-24)43(2)46(50)42-53-22-44-34(48)28-10-6-7-11-29(28)35(44)49/h3-19,21,31H,20,22H2,1-2H3,(H,41,47)/b46-42-/t31-/m0/s1. The molecule has 0 bridgehead atoms. The number of benzene rings is 4. The first kappa shape index (κ1) is 37.2. The van der Waals surface area contributed by atoms with E-state index in [0.717, 1.165) is 45.4 Å². The fourth-order valence-electron chi connectivity index (χ4n) is 5.57. The molecule has 1 atom stereocenters. The van der Waals surface area contributed by atoms with E-state index in [0.29, 0.717) is 11.1 Å². The second-order valence-electron chi connectivity index (χ2n) is 12.1. The highest BCUT2D eigenvalue weighted by atomic mass is 32.2. The number of aryl methyl sites for hydroxylation is 1. The zero-order valence-corrected chi connectivity index (χ0v) is 29.3. The first-order chi connectivity index (χ1) is 25.6. The van der Waals surface area contributed by atoms with E-state index in [1.807, 2.05) is 11.6 Å². The molecular weight excluding hydrogens is 731 g/mol. The van der Waals surface area contributed by atoms with Crippen LogP contribution in [0.2, 0.25) is 0 Å². The van der Waals surface area contributed by atoms with E-state index in [1.165, 1.54) is 24.3 Å². The summed E-state index contributed by atoms with van der Waals surface area (Å²) in [5.74, 6) is -2.44. The molecule has 0 radical (unpaired) electrons. The van der Waals surface area contributed by atoms with Crippen molar-refractivity contribution in [3.05, 3.63) is 142 Å². The number of carbonyl (C=O) groups excluding carboxylic acids is 3. The Labute approximate surface area is 306 Å². The number of nitrogens with one attached hydrogen (secondary N) is 1. The van der Waals surface area contributed by atoms with Crippen molar-refractivity contribution in [2.24, 2.45) is 5.28 Å². The second kappa shape index (κ2) is 14.8. The van der Waals surface area contributed by atoms with Gasteiger partial charge in [0.15, 0.2) is 11.7 Å². The Hall–Kier alpha value is -6.56. The summed E-state index contributed by atoms with van der Waals surface area (Å²) in [5, 5.41) is 20.8. The van der Waals surface area contributed by atoms with Crippen LogP contribution in [0.3, 0.4) is 0 Å². The van der Waals surface area contributed by atoms with Crippen molar-refractivity contribution in [3.8, 4) is 16.9 Å². The smallest absolute Gasteiger partial charge is 0.435 e. The molecular formula is C36H30F3N7O7S. The maximum absolute atomic E-state index is 13.7. The van der Waals surface area contributed by atoms with E-state index in [-0.39, 0.29) is 33.9 Å². The molecule has 1 aliphatic heterocycles. The number of alkyl halides is 3. The molecule has 0 saturated heterocycles. The largest absolute Gasteiger partial charge is 0.569 e. The first-order valence-corrected chi connectivity index (χ1v) is 17.6. The summed E-state index contributed by atoms with van der Waals surface area (Å²) in [5.41, 5.74) is 1.26. The summed E-state index contributed by atoms with van der Waals surface area (Å²) in [6, 6.07) is 25.2. The van der Waals surface area contributed by atoms with Crippen LogP contribution in [0, 0.1) is 12.1 Å². The molecule has 14 nitrogen and oxygen atoms in total.